The van der Waals surface area contributed by atoms with Crippen LogP contribution in [0.1, 0.15) is 10.6 Å². The normalized spacial score (nSPS) is 10.0. The van der Waals surface area contributed by atoms with Crippen LogP contribution in [0.3, 0.4) is 0 Å². The lowest BCUT2D eigenvalue weighted by Crippen LogP contribution is -2.46. The summed E-state index contributed by atoms with van der Waals surface area (Å²) in [6.07, 6.45) is 1.64. The summed E-state index contributed by atoms with van der Waals surface area (Å²) in [7, 11) is 0. The highest BCUT2D eigenvalue weighted by molar-refractivity contribution is 7.80. The molecule has 0 aliphatic carbocycles. The zero-order valence-electron chi connectivity index (χ0n) is 11.9. The minimum Gasteiger partial charge on any atom is -0.451 e. The van der Waals surface area contributed by atoms with Gasteiger partial charge in [0, 0.05) is 17.1 Å². The van der Waals surface area contributed by atoms with Gasteiger partial charge in [0.1, 0.15) is 5.76 Å². The highest BCUT2D eigenvalue weighted by Gasteiger charge is 2.14. The molecule has 0 spiro atoms. The number of furan rings is 1. The van der Waals surface area contributed by atoms with Crippen molar-refractivity contribution in [1.29, 1.82) is 0 Å². The van der Waals surface area contributed by atoms with Gasteiger partial charge in [-0.1, -0.05) is 29.3 Å². The summed E-state index contributed by atoms with van der Waals surface area (Å²) >= 11 is 17.0. The molecular formula is C15H13Cl2N3O2S. The Kier molecular flexibility index (Phi) is 6.04. The molecular weight excluding hydrogens is 357 g/mol. The molecule has 0 aliphatic rings. The van der Waals surface area contributed by atoms with Crippen LogP contribution < -0.4 is 16.2 Å². The maximum atomic E-state index is 12.0. The molecule has 5 nitrogen and oxygen atoms in total. The van der Waals surface area contributed by atoms with Gasteiger partial charge in [-0.3, -0.25) is 15.6 Å². The van der Waals surface area contributed by atoms with Gasteiger partial charge < -0.3 is 9.73 Å². The van der Waals surface area contributed by atoms with E-state index in [-0.39, 0.29) is 10.9 Å². The summed E-state index contributed by atoms with van der Waals surface area (Å²) in [6, 6.07) is 8.17. The first kappa shape index (κ1) is 17.3. The van der Waals surface area contributed by atoms with Crippen LogP contribution in [0.4, 0.5) is 0 Å². The number of nitrogens with one attached hydrogen (secondary N) is 3. The summed E-state index contributed by atoms with van der Waals surface area (Å²) in [5.41, 5.74) is 5.58. The number of hydrazine groups is 1. The van der Waals surface area contributed by atoms with E-state index >= 15 is 0 Å². The molecule has 0 aliphatic heterocycles. The van der Waals surface area contributed by atoms with Gasteiger partial charge in [0.2, 0.25) is 0 Å². The molecule has 8 heteroatoms. The lowest BCUT2D eigenvalue weighted by Gasteiger charge is -2.09. The number of hydrogen-bond donors (Lipinski definition) is 3. The van der Waals surface area contributed by atoms with Gasteiger partial charge in [0.15, 0.2) is 10.9 Å². The number of thiocarbonyl (C=S) groups is 1. The number of carbonyl (C=O) groups is 1. The van der Waals surface area contributed by atoms with Crippen LogP contribution in [-0.4, -0.2) is 17.6 Å². The van der Waals surface area contributed by atoms with Crippen LogP contribution in [-0.2, 0) is 0 Å². The van der Waals surface area contributed by atoms with Gasteiger partial charge in [0.25, 0.3) is 0 Å². The van der Waals surface area contributed by atoms with Crippen LogP contribution in [0.15, 0.2) is 47.4 Å². The smallest absolute Gasteiger partial charge is 0.305 e. The van der Waals surface area contributed by atoms with Crippen LogP contribution in [0.25, 0.3) is 11.3 Å². The van der Waals surface area contributed by atoms with Crippen molar-refractivity contribution < 1.29 is 9.21 Å². The van der Waals surface area contributed by atoms with E-state index in [1.165, 1.54) is 6.07 Å². The van der Waals surface area contributed by atoms with E-state index in [0.29, 0.717) is 27.9 Å². The maximum Gasteiger partial charge on any atom is 0.305 e. The van der Waals surface area contributed by atoms with Crippen molar-refractivity contribution in [2.45, 2.75) is 0 Å². The average Bonchev–Trinajstić information content (AvgIpc) is 3.02. The third kappa shape index (κ3) is 4.72. The Morgan fingerprint density at radius 3 is 2.78 bits per heavy atom. The molecule has 120 valence electrons. The van der Waals surface area contributed by atoms with E-state index in [2.05, 4.69) is 22.7 Å². The highest BCUT2D eigenvalue weighted by Crippen LogP contribution is 2.31. The quantitative estimate of drug-likeness (QED) is 0.436. The Labute approximate surface area is 148 Å². The Bertz CT molecular complexity index is 746. The summed E-state index contributed by atoms with van der Waals surface area (Å²) in [5.74, 6) is 0.0715. The van der Waals surface area contributed by atoms with Crippen LogP contribution in [0, 0.1) is 0 Å². The first-order chi connectivity index (χ1) is 11.0. The van der Waals surface area contributed by atoms with E-state index in [1.54, 1.807) is 30.3 Å². The lowest BCUT2D eigenvalue weighted by atomic mass is 10.2. The zero-order chi connectivity index (χ0) is 16.8. The molecule has 0 radical (unpaired) electrons. The SMILES string of the molecule is C=CCNC(=S)NNC(=O)c1ccc(-c2cc(Cl)ccc2Cl)o1. The molecule has 1 heterocycles. The number of amides is 1. The average molecular weight is 370 g/mol. The Morgan fingerprint density at radius 2 is 2.04 bits per heavy atom. The van der Waals surface area contributed by atoms with E-state index in [1.807, 2.05) is 0 Å². The second-order valence-corrected chi connectivity index (χ2v) is 5.62. The molecule has 0 atom stereocenters. The van der Waals surface area contributed by atoms with Crippen LogP contribution in [0.2, 0.25) is 10.0 Å². The van der Waals surface area contributed by atoms with Crippen LogP contribution >= 0.6 is 35.4 Å². The monoisotopic (exact) mass is 369 g/mol. The minimum atomic E-state index is -0.475. The summed E-state index contributed by atoms with van der Waals surface area (Å²) in [6.45, 7) is 4.03. The van der Waals surface area contributed by atoms with Crippen molar-refractivity contribution in [3.8, 4) is 11.3 Å². The molecule has 0 bridgehead atoms. The molecule has 0 saturated heterocycles. The molecule has 2 aromatic rings. The molecule has 0 saturated carbocycles. The minimum absolute atomic E-state index is 0.107. The Morgan fingerprint density at radius 1 is 1.26 bits per heavy atom. The summed E-state index contributed by atoms with van der Waals surface area (Å²) in [4.78, 5) is 12.0. The van der Waals surface area contributed by atoms with E-state index in [4.69, 9.17) is 39.8 Å². The third-order valence-corrected chi connectivity index (χ3v) is 3.53. The highest BCUT2D eigenvalue weighted by atomic mass is 35.5. The van der Waals surface area contributed by atoms with Crippen LogP contribution in [0.5, 0.6) is 0 Å². The second-order valence-electron chi connectivity index (χ2n) is 4.37. The molecule has 1 amide bonds. The van der Waals surface area contributed by atoms with Gasteiger partial charge in [-0.15, -0.1) is 6.58 Å². The Hall–Kier alpha value is -2.02. The summed E-state index contributed by atoms with van der Waals surface area (Å²) in [5, 5.41) is 4.07. The van der Waals surface area contributed by atoms with E-state index in [0.717, 1.165) is 0 Å². The molecule has 3 N–H and O–H groups in total. The fourth-order valence-corrected chi connectivity index (χ4v) is 2.19. The van der Waals surface area contributed by atoms with Crippen molar-refractivity contribution in [2.24, 2.45) is 0 Å². The molecule has 2 rings (SSSR count). The van der Waals surface area contributed by atoms with E-state index in [9.17, 15) is 4.79 Å². The van der Waals surface area contributed by atoms with Crippen molar-refractivity contribution in [3.05, 3.63) is 58.8 Å². The fraction of sp³-hybridized carbons (Fsp3) is 0.0667. The first-order valence-electron chi connectivity index (χ1n) is 6.51. The second kappa shape index (κ2) is 8.01. The number of carbonyl (C=O) groups excluding carboxylic acids is 1. The molecule has 23 heavy (non-hydrogen) atoms. The summed E-state index contributed by atoms with van der Waals surface area (Å²) < 4.78 is 5.51. The standard InChI is InChI=1S/C15H13Cl2N3O2S/c1-2-7-18-15(23)20-19-14(21)13-6-5-12(22-13)10-8-9(16)3-4-11(10)17/h2-6,8H,1,7H2,(H,19,21)(H2,18,20,23). The van der Waals surface area contributed by atoms with Crippen molar-refractivity contribution in [1.82, 2.24) is 16.2 Å². The number of halogens is 2. The predicted molar refractivity (Wildman–Crippen MR) is 95.6 cm³/mol. The fourth-order valence-electron chi connectivity index (χ4n) is 1.68. The Balaban J connectivity index is 2.04. The number of benzene rings is 1. The van der Waals surface area contributed by atoms with Crippen molar-refractivity contribution in [3.63, 3.8) is 0 Å². The van der Waals surface area contributed by atoms with Gasteiger partial charge in [-0.05, 0) is 42.5 Å². The van der Waals surface area contributed by atoms with Gasteiger partial charge in [-0.25, -0.2) is 0 Å². The van der Waals surface area contributed by atoms with Crippen molar-refractivity contribution in [2.75, 3.05) is 6.54 Å². The maximum absolute atomic E-state index is 12.0. The van der Waals surface area contributed by atoms with Gasteiger partial charge in [-0.2, -0.15) is 0 Å². The zero-order valence-corrected chi connectivity index (χ0v) is 14.2. The van der Waals surface area contributed by atoms with E-state index < -0.39 is 5.91 Å². The molecule has 1 aromatic carbocycles. The third-order valence-electron chi connectivity index (χ3n) is 2.72. The molecule has 0 unspecified atom stereocenters. The molecule has 0 fully saturated rings. The molecule has 1 aromatic heterocycles. The topological polar surface area (TPSA) is 66.3 Å². The van der Waals surface area contributed by atoms with Gasteiger partial charge >= 0.3 is 5.91 Å². The lowest BCUT2D eigenvalue weighted by molar-refractivity contribution is 0.0916. The predicted octanol–water partition coefficient (Wildman–Crippen LogP) is 3.55. The number of rotatable bonds is 4. The number of hydrogen-bond acceptors (Lipinski definition) is 3. The largest absolute Gasteiger partial charge is 0.451 e. The van der Waals surface area contributed by atoms with Gasteiger partial charge in [0.05, 0.1) is 5.02 Å². The van der Waals surface area contributed by atoms with Crippen molar-refractivity contribution >= 4 is 46.4 Å². The first-order valence-corrected chi connectivity index (χ1v) is 7.68.